The van der Waals surface area contributed by atoms with Gasteiger partial charge in [0.25, 0.3) is 0 Å². The van der Waals surface area contributed by atoms with Crippen molar-refractivity contribution in [3.8, 4) is 0 Å². The second-order valence-corrected chi connectivity index (χ2v) is 4.83. The van der Waals surface area contributed by atoms with Gasteiger partial charge in [0.2, 0.25) is 0 Å². The molecule has 0 amide bonds. The molecule has 1 aromatic rings. The predicted octanol–water partition coefficient (Wildman–Crippen LogP) is 2.79. The Hall–Kier alpha value is -1.09. The Balaban J connectivity index is 1.72. The summed E-state index contributed by atoms with van der Waals surface area (Å²) in [5, 5.41) is 3.51. The van der Waals surface area contributed by atoms with Crippen molar-refractivity contribution in [3.05, 3.63) is 30.1 Å². The van der Waals surface area contributed by atoms with Crippen molar-refractivity contribution in [2.24, 2.45) is 0 Å². The number of nitrogens with one attached hydrogen (secondary N) is 1. The molecule has 1 atom stereocenters. The molecule has 1 aliphatic rings. The predicted molar refractivity (Wildman–Crippen MR) is 69.9 cm³/mol. The molecule has 17 heavy (non-hydrogen) atoms. The zero-order chi connectivity index (χ0) is 12.1. The van der Waals surface area contributed by atoms with Crippen molar-refractivity contribution in [2.45, 2.75) is 31.7 Å². The molecule has 1 N–H and O–H groups in total. The number of anilines is 1. The monoisotopic (exact) mass is 236 g/mol. The molecular weight excluding hydrogens is 215 g/mol. The summed E-state index contributed by atoms with van der Waals surface area (Å²) in [6.45, 7) is 2.21. The third-order valence-corrected chi connectivity index (χ3v) is 3.48. The highest BCUT2D eigenvalue weighted by Gasteiger charge is 2.13. The molecule has 1 aromatic carbocycles. The van der Waals surface area contributed by atoms with Gasteiger partial charge in [0.15, 0.2) is 0 Å². The van der Waals surface area contributed by atoms with Gasteiger partial charge in [0.1, 0.15) is 5.82 Å². The van der Waals surface area contributed by atoms with Crippen LogP contribution in [-0.4, -0.2) is 26.2 Å². The van der Waals surface area contributed by atoms with Crippen molar-refractivity contribution >= 4 is 5.69 Å². The van der Waals surface area contributed by atoms with Crippen LogP contribution in [0.3, 0.4) is 0 Å². The van der Waals surface area contributed by atoms with E-state index in [-0.39, 0.29) is 5.82 Å². The molecule has 0 saturated carbocycles. The summed E-state index contributed by atoms with van der Waals surface area (Å²) in [7, 11) is 2.06. The number of rotatable bonds is 5. The van der Waals surface area contributed by atoms with Crippen LogP contribution in [0.25, 0.3) is 0 Å². The van der Waals surface area contributed by atoms with Gasteiger partial charge in [-0.2, -0.15) is 0 Å². The first-order valence-corrected chi connectivity index (χ1v) is 6.46. The summed E-state index contributed by atoms with van der Waals surface area (Å²) in [6.07, 6.45) is 5.07. The molecule has 1 heterocycles. The molecule has 0 bridgehead atoms. The van der Waals surface area contributed by atoms with E-state index in [1.54, 1.807) is 0 Å². The molecule has 0 aromatic heterocycles. The normalized spacial score (nSPS) is 19.5. The average Bonchev–Trinajstić information content (AvgIpc) is 2.83. The van der Waals surface area contributed by atoms with Crippen molar-refractivity contribution in [1.29, 1.82) is 0 Å². The minimum Gasteiger partial charge on any atom is -0.375 e. The summed E-state index contributed by atoms with van der Waals surface area (Å²) in [6, 6.07) is 7.43. The number of hydrogen-bond donors (Lipinski definition) is 1. The molecule has 1 fully saturated rings. The maximum atomic E-state index is 12.8. The van der Waals surface area contributed by atoms with E-state index >= 15 is 0 Å². The van der Waals surface area contributed by atoms with Gasteiger partial charge < -0.3 is 10.2 Å². The van der Waals surface area contributed by atoms with Crippen LogP contribution in [0, 0.1) is 5.82 Å². The third-order valence-electron chi connectivity index (χ3n) is 3.48. The first-order valence-electron chi connectivity index (χ1n) is 6.46. The van der Waals surface area contributed by atoms with Crippen molar-refractivity contribution in [2.75, 3.05) is 25.0 Å². The second kappa shape index (κ2) is 6.01. The maximum absolute atomic E-state index is 12.8. The molecule has 0 aliphatic carbocycles. The van der Waals surface area contributed by atoms with E-state index in [0.717, 1.165) is 18.3 Å². The molecular formula is C14H21FN2. The highest BCUT2D eigenvalue weighted by molar-refractivity contribution is 5.45. The Labute approximate surface area is 103 Å². The molecule has 2 rings (SSSR count). The Kier molecular flexibility index (Phi) is 4.37. The summed E-state index contributed by atoms with van der Waals surface area (Å²) in [5.74, 6) is -0.169. The van der Waals surface area contributed by atoms with Crippen LogP contribution in [0.15, 0.2) is 24.3 Å². The van der Waals surface area contributed by atoms with Crippen LogP contribution < -0.4 is 10.2 Å². The van der Waals surface area contributed by atoms with Gasteiger partial charge in [-0.15, -0.1) is 0 Å². The van der Waals surface area contributed by atoms with E-state index in [2.05, 4.69) is 17.3 Å². The summed E-state index contributed by atoms with van der Waals surface area (Å²) < 4.78 is 12.8. The molecule has 1 aliphatic heterocycles. The molecule has 0 radical (unpaired) electrons. The van der Waals surface area contributed by atoms with Crippen LogP contribution in [0.1, 0.15) is 25.7 Å². The van der Waals surface area contributed by atoms with E-state index in [0.29, 0.717) is 0 Å². The lowest BCUT2D eigenvalue weighted by molar-refractivity contribution is 0.536. The van der Waals surface area contributed by atoms with Gasteiger partial charge in [0, 0.05) is 25.3 Å². The second-order valence-electron chi connectivity index (χ2n) is 4.83. The minimum absolute atomic E-state index is 0.169. The Bertz CT molecular complexity index is 331. The topological polar surface area (TPSA) is 15.3 Å². The largest absolute Gasteiger partial charge is 0.375 e. The maximum Gasteiger partial charge on any atom is 0.123 e. The number of halogens is 1. The molecule has 2 nitrogen and oxygen atoms in total. The summed E-state index contributed by atoms with van der Waals surface area (Å²) in [5.41, 5.74) is 1.09. The molecule has 3 heteroatoms. The highest BCUT2D eigenvalue weighted by atomic mass is 19.1. The number of benzene rings is 1. The molecule has 0 spiro atoms. The number of hydrogen-bond acceptors (Lipinski definition) is 2. The first kappa shape index (κ1) is 12.4. The van der Waals surface area contributed by atoms with E-state index in [4.69, 9.17) is 0 Å². The van der Waals surface area contributed by atoms with Crippen molar-refractivity contribution in [1.82, 2.24) is 5.32 Å². The van der Waals surface area contributed by atoms with E-state index < -0.39 is 0 Å². The zero-order valence-electron chi connectivity index (χ0n) is 10.5. The van der Waals surface area contributed by atoms with E-state index in [9.17, 15) is 4.39 Å². The lowest BCUT2D eigenvalue weighted by Crippen LogP contribution is -2.24. The average molecular weight is 236 g/mol. The fraction of sp³-hybridized carbons (Fsp3) is 0.571. The fourth-order valence-electron chi connectivity index (χ4n) is 2.40. The summed E-state index contributed by atoms with van der Waals surface area (Å²) >= 11 is 0. The van der Waals surface area contributed by atoms with Crippen LogP contribution >= 0.6 is 0 Å². The number of nitrogens with zero attached hydrogens (tertiary/aromatic N) is 1. The molecule has 94 valence electrons. The third kappa shape index (κ3) is 3.70. The van der Waals surface area contributed by atoms with E-state index in [1.807, 2.05) is 12.1 Å². The van der Waals surface area contributed by atoms with Crippen molar-refractivity contribution < 1.29 is 4.39 Å². The quantitative estimate of drug-likeness (QED) is 0.845. The van der Waals surface area contributed by atoms with Crippen LogP contribution in [0.4, 0.5) is 10.1 Å². The van der Waals surface area contributed by atoms with Gasteiger partial charge >= 0.3 is 0 Å². The van der Waals surface area contributed by atoms with Crippen LogP contribution in [0.5, 0.6) is 0 Å². The summed E-state index contributed by atoms with van der Waals surface area (Å²) in [4.78, 5) is 2.19. The zero-order valence-corrected chi connectivity index (χ0v) is 10.5. The Morgan fingerprint density at radius 3 is 2.76 bits per heavy atom. The van der Waals surface area contributed by atoms with Crippen molar-refractivity contribution in [3.63, 3.8) is 0 Å². The van der Waals surface area contributed by atoms with Crippen LogP contribution in [0.2, 0.25) is 0 Å². The molecule has 1 unspecified atom stereocenters. The smallest absolute Gasteiger partial charge is 0.123 e. The van der Waals surface area contributed by atoms with Gasteiger partial charge in [-0.05, 0) is 56.5 Å². The lowest BCUT2D eigenvalue weighted by atomic mass is 10.1. The van der Waals surface area contributed by atoms with Gasteiger partial charge in [0.05, 0.1) is 0 Å². The molecule has 1 saturated heterocycles. The minimum atomic E-state index is -0.169. The Morgan fingerprint density at radius 2 is 2.12 bits per heavy atom. The first-order chi connectivity index (χ1) is 8.25. The van der Waals surface area contributed by atoms with Gasteiger partial charge in [-0.25, -0.2) is 4.39 Å². The highest BCUT2D eigenvalue weighted by Crippen LogP contribution is 2.15. The van der Waals surface area contributed by atoms with Gasteiger partial charge in [-0.3, -0.25) is 0 Å². The standard InChI is InChI=1S/C14H21FN2/c1-17(14-8-6-12(15)7-9-14)11-3-5-13-4-2-10-16-13/h6-9,13,16H,2-5,10-11H2,1H3. The fourth-order valence-corrected chi connectivity index (χ4v) is 2.40. The van der Waals surface area contributed by atoms with Crippen LogP contribution in [-0.2, 0) is 0 Å². The van der Waals surface area contributed by atoms with E-state index in [1.165, 1.54) is 44.4 Å². The Morgan fingerprint density at radius 1 is 1.35 bits per heavy atom. The SMILES string of the molecule is CN(CCCC1CCCN1)c1ccc(F)cc1. The lowest BCUT2D eigenvalue weighted by Gasteiger charge is -2.20. The van der Waals surface area contributed by atoms with Gasteiger partial charge in [-0.1, -0.05) is 0 Å².